The van der Waals surface area contributed by atoms with Crippen LogP contribution in [0.25, 0.3) is 0 Å². The first-order valence-corrected chi connectivity index (χ1v) is 7.06. The fourth-order valence-electron chi connectivity index (χ4n) is 1.38. The Morgan fingerprint density at radius 1 is 1.45 bits per heavy atom. The highest BCUT2D eigenvalue weighted by Gasteiger charge is 2.13. The Kier molecular flexibility index (Phi) is 4.59. The van der Waals surface area contributed by atoms with Crippen molar-refractivity contribution in [2.24, 2.45) is 5.16 Å². The average molecular weight is 330 g/mol. The topological polar surface area (TPSA) is 74.6 Å². The third-order valence-electron chi connectivity index (χ3n) is 2.42. The summed E-state index contributed by atoms with van der Waals surface area (Å²) in [5, 5.41) is 17.1. The molecule has 0 atom stereocenters. The van der Waals surface area contributed by atoms with E-state index in [0.717, 1.165) is 0 Å². The van der Waals surface area contributed by atoms with Gasteiger partial charge in [-0.15, -0.1) is 11.3 Å². The standard InChI is InChI=1S/C12H9Cl2N3O2S/c1-6(17-19)10-5-20-12(15-10)16-11(18)8-4-7(13)2-3-9(8)14/h2-5,19H,1H3,(H,15,16,18). The second kappa shape index (κ2) is 6.21. The zero-order chi connectivity index (χ0) is 14.7. The second-order valence-electron chi connectivity index (χ2n) is 3.80. The highest BCUT2D eigenvalue weighted by molar-refractivity contribution is 7.14. The summed E-state index contributed by atoms with van der Waals surface area (Å²) in [5.74, 6) is -0.406. The van der Waals surface area contributed by atoms with Gasteiger partial charge in [0.05, 0.1) is 10.6 Å². The normalized spacial score (nSPS) is 11.4. The number of rotatable bonds is 3. The highest BCUT2D eigenvalue weighted by Crippen LogP contribution is 2.23. The molecule has 0 unspecified atom stereocenters. The molecule has 5 nitrogen and oxygen atoms in total. The quantitative estimate of drug-likeness (QED) is 0.509. The summed E-state index contributed by atoms with van der Waals surface area (Å²) in [6.45, 7) is 1.61. The predicted molar refractivity (Wildman–Crippen MR) is 80.5 cm³/mol. The second-order valence-corrected chi connectivity index (χ2v) is 5.50. The molecule has 0 aliphatic carbocycles. The summed E-state index contributed by atoms with van der Waals surface area (Å²) in [6.07, 6.45) is 0. The van der Waals surface area contributed by atoms with E-state index in [9.17, 15) is 4.79 Å². The van der Waals surface area contributed by atoms with E-state index in [2.05, 4.69) is 15.5 Å². The van der Waals surface area contributed by atoms with Gasteiger partial charge in [0.2, 0.25) is 0 Å². The summed E-state index contributed by atoms with van der Waals surface area (Å²) in [6, 6.07) is 4.63. The first-order chi connectivity index (χ1) is 9.51. The Morgan fingerprint density at radius 2 is 2.20 bits per heavy atom. The van der Waals surface area contributed by atoms with Gasteiger partial charge in [-0.1, -0.05) is 28.4 Å². The van der Waals surface area contributed by atoms with E-state index < -0.39 is 5.91 Å². The number of anilines is 1. The number of carbonyl (C=O) groups is 1. The van der Waals surface area contributed by atoms with Gasteiger partial charge < -0.3 is 5.21 Å². The third kappa shape index (κ3) is 3.27. The summed E-state index contributed by atoms with van der Waals surface area (Å²) < 4.78 is 0. The maximum absolute atomic E-state index is 12.1. The van der Waals surface area contributed by atoms with Crippen molar-refractivity contribution in [1.29, 1.82) is 0 Å². The van der Waals surface area contributed by atoms with Gasteiger partial charge in [-0.2, -0.15) is 0 Å². The molecule has 0 saturated heterocycles. The van der Waals surface area contributed by atoms with Crippen LogP contribution >= 0.6 is 34.5 Å². The number of carbonyl (C=O) groups excluding carboxylic acids is 1. The van der Waals surface area contributed by atoms with Crippen molar-refractivity contribution in [3.05, 3.63) is 44.9 Å². The van der Waals surface area contributed by atoms with E-state index in [1.807, 2.05) is 0 Å². The van der Waals surface area contributed by atoms with Crippen molar-refractivity contribution >= 4 is 51.3 Å². The lowest BCUT2D eigenvalue weighted by Gasteiger charge is -2.04. The van der Waals surface area contributed by atoms with Crippen LogP contribution in [-0.2, 0) is 0 Å². The minimum atomic E-state index is -0.406. The molecule has 0 spiro atoms. The Labute approximate surface area is 128 Å². The van der Waals surface area contributed by atoms with E-state index in [0.29, 0.717) is 26.6 Å². The predicted octanol–water partition coefficient (Wildman–Crippen LogP) is 3.90. The Balaban J connectivity index is 2.19. The summed E-state index contributed by atoms with van der Waals surface area (Å²) in [7, 11) is 0. The molecule has 0 aliphatic rings. The van der Waals surface area contributed by atoms with Gasteiger partial charge in [-0.3, -0.25) is 10.1 Å². The number of hydrogen-bond donors (Lipinski definition) is 2. The Morgan fingerprint density at radius 3 is 2.90 bits per heavy atom. The molecule has 0 saturated carbocycles. The Bertz CT molecular complexity index is 685. The van der Waals surface area contributed by atoms with Gasteiger partial charge in [0, 0.05) is 10.4 Å². The van der Waals surface area contributed by atoms with Crippen LogP contribution in [0.4, 0.5) is 5.13 Å². The molecule has 0 aliphatic heterocycles. The van der Waals surface area contributed by atoms with Crippen LogP contribution in [0.5, 0.6) is 0 Å². The van der Waals surface area contributed by atoms with Crippen molar-refractivity contribution in [2.45, 2.75) is 6.92 Å². The van der Waals surface area contributed by atoms with E-state index in [-0.39, 0.29) is 5.56 Å². The van der Waals surface area contributed by atoms with Crippen LogP contribution in [0.15, 0.2) is 28.7 Å². The fraction of sp³-hybridized carbons (Fsp3) is 0.0833. The van der Waals surface area contributed by atoms with Gasteiger partial charge in [0.15, 0.2) is 5.13 Å². The van der Waals surface area contributed by atoms with E-state index in [4.69, 9.17) is 28.4 Å². The largest absolute Gasteiger partial charge is 0.411 e. The third-order valence-corrected chi connectivity index (χ3v) is 3.74. The molecule has 1 heterocycles. The lowest BCUT2D eigenvalue weighted by Crippen LogP contribution is -2.12. The number of oxime groups is 1. The minimum Gasteiger partial charge on any atom is -0.411 e. The molecule has 1 aromatic carbocycles. The molecule has 0 fully saturated rings. The molecule has 0 radical (unpaired) electrons. The number of nitrogens with zero attached hydrogens (tertiary/aromatic N) is 2. The minimum absolute atomic E-state index is 0.267. The van der Waals surface area contributed by atoms with Crippen molar-refractivity contribution in [2.75, 3.05) is 5.32 Å². The maximum Gasteiger partial charge on any atom is 0.259 e. The molecule has 2 N–H and O–H groups in total. The van der Waals surface area contributed by atoms with Crippen LogP contribution in [0.2, 0.25) is 10.0 Å². The SMILES string of the molecule is CC(=NO)c1csc(NC(=O)c2cc(Cl)ccc2Cl)n1. The Hall–Kier alpha value is -1.63. The maximum atomic E-state index is 12.1. The molecular weight excluding hydrogens is 321 g/mol. The summed E-state index contributed by atoms with van der Waals surface area (Å²) >= 11 is 13.0. The molecular formula is C12H9Cl2N3O2S. The first kappa shape index (κ1) is 14.8. The van der Waals surface area contributed by atoms with Crippen LogP contribution in [-0.4, -0.2) is 21.8 Å². The average Bonchev–Trinajstić information content (AvgIpc) is 2.89. The number of thiazole rings is 1. The monoisotopic (exact) mass is 329 g/mol. The number of halogens is 2. The highest BCUT2D eigenvalue weighted by atomic mass is 35.5. The molecule has 8 heteroatoms. The van der Waals surface area contributed by atoms with Crippen molar-refractivity contribution in [3.8, 4) is 0 Å². The van der Waals surface area contributed by atoms with Gasteiger partial charge in [-0.05, 0) is 25.1 Å². The number of nitrogens with one attached hydrogen (secondary N) is 1. The number of hydrogen-bond acceptors (Lipinski definition) is 5. The van der Waals surface area contributed by atoms with Gasteiger partial charge in [-0.25, -0.2) is 4.98 Å². The molecule has 20 heavy (non-hydrogen) atoms. The van der Waals surface area contributed by atoms with E-state index in [1.165, 1.54) is 17.4 Å². The molecule has 1 aromatic heterocycles. The number of benzene rings is 1. The lowest BCUT2D eigenvalue weighted by atomic mass is 10.2. The number of amides is 1. The van der Waals surface area contributed by atoms with Gasteiger partial charge in [0.1, 0.15) is 11.4 Å². The molecule has 2 aromatic rings. The van der Waals surface area contributed by atoms with Gasteiger partial charge >= 0.3 is 0 Å². The zero-order valence-corrected chi connectivity index (χ0v) is 12.6. The van der Waals surface area contributed by atoms with E-state index in [1.54, 1.807) is 24.4 Å². The number of aromatic nitrogens is 1. The van der Waals surface area contributed by atoms with E-state index >= 15 is 0 Å². The summed E-state index contributed by atoms with van der Waals surface area (Å²) in [5.41, 5.74) is 1.12. The molecule has 2 rings (SSSR count). The van der Waals surface area contributed by atoms with Crippen LogP contribution in [0.3, 0.4) is 0 Å². The van der Waals surface area contributed by atoms with Crippen molar-refractivity contribution in [1.82, 2.24) is 4.98 Å². The molecule has 0 bridgehead atoms. The first-order valence-electron chi connectivity index (χ1n) is 5.42. The lowest BCUT2D eigenvalue weighted by molar-refractivity contribution is 0.102. The molecule has 104 valence electrons. The van der Waals surface area contributed by atoms with Crippen molar-refractivity contribution in [3.63, 3.8) is 0 Å². The van der Waals surface area contributed by atoms with Gasteiger partial charge in [0.25, 0.3) is 5.91 Å². The smallest absolute Gasteiger partial charge is 0.259 e. The fourth-order valence-corrected chi connectivity index (χ4v) is 2.51. The van der Waals surface area contributed by atoms with Crippen LogP contribution < -0.4 is 5.32 Å². The zero-order valence-electron chi connectivity index (χ0n) is 10.2. The molecule has 1 amide bonds. The summed E-state index contributed by atoms with van der Waals surface area (Å²) in [4.78, 5) is 16.2. The van der Waals surface area contributed by atoms with Crippen LogP contribution in [0, 0.1) is 0 Å². The van der Waals surface area contributed by atoms with Crippen LogP contribution in [0.1, 0.15) is 23.0 Å². The van der Waals surface area contributed by atoms with Crippen molar-refractivity contribution < 1.29 is 10.0 Å².